The van der Waals surface area contributed by atoms with Gasteiger partial charge in [-0.05, 0) is 19.8 Å². The zero-order valence-corrected chi connectivity index (χ0v) is 36.4. The molecule has 0 amide bonds. The van der Waals surface area contributed by atoms with Crippen LogP contribution in [0.5, 0.6) is 11.5 Å². The highest BCUT2D eigenvalue weighted by Crippen LogP contribution is 2.34. The van der Waals surface area contributed by atoms with Crippen LogP contribution in [0, 0.1) is 6.92 Å². The molecular formula is C49H90O5. The molecule has 5 nitrogen and oxygen atoms in total. The number of unbranched alkanes of at least 4 members (excludes halogenated alkanes) is 36. The largest absolute Gasteiger partial charge is 0.462 e. The van der Waals surface area contributed by atoms with Gasteiger partial charge < -0.3 is 13.9 Å². The predicted molar refractivity (Wildman–Crippen MR) is 231 cm³/mol. The second-order valence-corrected chi connectivity index (χ2v) is 16.7. The Bertz CT molecular complexity index is 952. The number of hydrogen-bond acceptors (Lipinski definition) is 5. The molecular weight excluding hydrogens is 669 g/mol. The van der Waals surface area contributed by atoms with Crippen molar-refractivity contribution in [3.63, 3.8) is 0 Å². The third-order valence-electron chi connectivity index (χ3n) is 11.3. The summed E-state index contributed by atoms with van der Waals surface area (Å²) in [6, 6.07) is 0. The van der Waals surface area contributed by atoms with Gasteiger partial charge in [-0.3, -0.25) is 9.59 Å². The number of carbonyl (C=O) groups excluding carboxylic acids is 2. The van der Waals surface area contributed by atoms with Crippen LogP contribution in [0.4, 0.5) is 0 Å². The van der Waals surface area contributed by atoms with Crippen LogP contribution in [0.25, 0.3) is 0 Å². The maximum absolute atomic E-state index is 12.5. The molecule has 1 aromatic rings. The lowest BCUT2D eigenvalue weighted by Gasteiger charge is -2.07. The van der Waals surface area contributed by atoms with Gasteiger partial charge in [0.25, 0.3) is 0 Å². The van der Waals surface area contributed by atoms with Gasteiger partial charge in [0.05, 0.1) is 0 Å². The smallest absolute Gasteiger partial charge is 0.311 e. The van der Waals surface area contributed by atoms with Gasteiger partial charge in [0, 0.05) is 12.8 Å². The summed E-state index contributed by atoms with van der Waals surface area (Å²) in [5.74, 6) is 0.348. The number of carbonyl (C=O) groups is 2. The molecule has 1 aromatic heterocycles. The Morgan fingerprint density at radius 3 is 0.907 bits per heavy atom. The molecule has 1 heterocycles. The van der Waals surface area contributed by atoms with Crippen LogP contribution in [0.3, 0.4) is 0 Å². The van der Waals surface area contributed by atoms with Gasteiger partial charge in [0.2, 0.25) is 11.5 Å². The van der Waals surface area contributed by atoms with E-state index in [1.54, 1.807) is 6.92 Å². The van der Waals surface area contributed by atoms with Crippen LogP contribution >= 0.6 is 0 Å². The van der Waals surface area contributed by atoms with Gasteiger partial charge in [0.15, 0.2) is 0 Å². The average Bonchev–Trinajstić information content (AvgIpc) is 3.50. The first-order chi connectivity index (χ1) is 26.6. The molecule has 5 heteroatoms. The van der Waals surface area contributed by atoms with Gasteiger partial charge in [-0.2, -0.15) is 0 Å². The number of ether oxygens (including phenoxy) is 2. The highest BCUT2D eigenvalue weighted by molar-refractivity contribution is 5.76. The Morgan fingerprint density at radius 1 is 0.389 bits per heavy atom. The molecule has 316 valence electrons. The fourth-order valence-electron chi connectivity index (χ4n) is 7.65. The zero-order chi connectivity index (χ0) is 39.0. The highest BCUT2D eigenvalue weighted by atomic mass is 16.6. The molecule has 0 aromatic carbocycles. The molecule has 0 atom stereocenters. The van der Waals surface area contributed by atoms with Crippen LogP contribution in [0.15, 0.2) is 10.7 Å². The molecule has 0 bridgehead atoms. The van der Waals surface area contributed by atoms with E-state index < -0.39 is 0 Å². The van der Waals surface area contributed by atoms with Crippen LogP contribution in [0.1, 0.15) is 276 Å². The summed E-state index contributed by atoms with van der Waals surface area (Å²) in [6.07, 6.45) is 52.6. The number of rotatable bonds is 42. The lowest BCUT2D eigenvalue weighted by Crippen LogP contribution is -2.11. The van der Waals surface area contributed by atoms with E-state index in [-0.39, 0.29) is 23.4 Å². The first kappa shape index (κ1) is 50.2. The Kier molecular flexibility index (Phi) is 36.7. The van der Waals surface area contributed by atoms with Crippen LogP contribution in [-0.4, -0.2) is 11.9 Å². The highest BCUT2D eigenvalue weighted by Gasteiger charge is 2.19. The topological polar surface area (TPSA) is 65.7 Å². The SMILES string of the molecule is CCCCCCCCCCCCCCCCCCCCCC(=O)Oc1coc(C)c1OC(=O)CCCCCCCCCCCCCCCCCCCCC. The van der Waals surface area contributed by atoms with Crippen molar-refractivity contribution in [1.29, 1.82) is 0 Å². The van der Waals surface area contributed by atoms with E-state index in [4.69, 9.17) is 13.9 Å². The fraction of sp³-hybridized carbons (Fsp3) is 0.878. The Hall–Kier alpha value is -1.78. The summed E-state index contributed by atoms with van der Waals surface area (Å²) in [6.45, 7) is 6.30. The maximum Gasteiger partial charge on any atom is 0.311 e. The van der Waals surface area contributed by atoms with E-state index in [9.17, 15) is 9.59 Å². The summed E-state index contributed by atoms with van der Waals surface area (Å²) < 4.78 is 16.6. The molecule has 0 unspecified atom stereocenters. The lowest BCUT2D eigenvalue weighted by atomic mass is 10.0. The van der Waals surface area contributed by atoms with Crippen molar-refractivity contribution < 1.29 is 23.5 Å². The van der Waals surface area contributed by atoms with Crippen molar-refractivity contribution in [3.8, 4) is 11.5 Å². The Balaban J connectivity index is 1.94. The molecule has 0 aliphatic heterocycles. The number of aryl methyl sites for hydroxylation is 1. The summed E-state index contributed by atoms with van der Waals surface area (Å²) in [4.78, 5) is 25.0. The Labute approximate surface area is 335 Å². The van der Waals surface area contributed by atoms with E-state index in [0.29, 0.717) is 18.6 Å². The number of furan rings is 1. The number of esters is 2. The molecule has 0 spiro atoms. The summed E-state index contributed by atoms with van der Waals surface area (Å²) in [7, 11) is 0. The monoisotopic (exact) mass is 759 g/mol. The number of hydrogen-bond donors (Lipinski definition) is 0. The molecule has 0 saturated carbocycles. The zero-order valence-electron chi connectivity index (χ0n) is 36.4. The van der Waals surface area contributed by atoms with Crippen LogP contribution < -0.4 is 9.47 Å². The normalized spacial score (nSPS) is 11.4. The molecule has 0 aliphatic rings. The second-order valence-electron chi connectivity index (χ2n) is 16.7. The molecule has 0 fully saturated rings. The van der Waals surface area contributed by atoms with Crippen molar-refractivity contribution in [2.24, 2.45) is 0 Å². The minimum Gasteiger partial charge on any atom is -0.462 e. The van der Waals surface area contributed by atoms with Gasteiger partial charge in [0.1, 0.15) is 12.0 Å². The first-order valence-electron chi connectivity index (χ1n) is 24.1. The molecule has 1 rings (SSSR count). The molecule has 0 aliphatic carbocycles. The van der Waals surface area contributed by atoms with Crippen molar-refractivity contribution >= 4 is 11.9 Å². The van der Waals surface area contributed by atoms with E-state index in [1.807, 2.05) is 0 Å². The molecule has 0 saturated heterocycles. The van der Waals surface area contributed by atoms with Gasteiger partial charge in [-0.15, -0.1) is 0 Å². The first-order valence-corrected chi connectivity index (χ1v) is 24.1. The van der Waals surface area contributed by atoms with E-state index in [1.165, 1.54) is 225 Å². The minimum atomic E-state index is -0.293. The van der Waals surface area contributed by atoms with Crippen LogP contribution in [-0.2, 0) is 9.59 Å². The van der Waals surface area contributed by atoms with Crippen molar-refractivity contribution in [2.45, 2.75) is 278 Å². The third-order valence-corrected chi connectivity index (χ3v) is 11.3. The van der Waals surface area contributed by atoms with Crippen molar-refractivity contribution in [1.82, 2.24) is 0 Å². The van der Waals surface area contributed by atoms with E-state index in [0.717, 1.165) is 25.7 Å². The fourth-order valence-corrected chi connectivity index (χ4v) is 7.65. The Morgan fingerprint density at radius 2 is 0.630 bits per heavy atom. The predicted octanol–water partition coefficient (Wildman–Crippen LogP) is 17.0. The summed E-state index contributed by atoms with van der Waals surface area (Å²) in [5, 5.41) is 0. The molecule has 54 heavy (non-hydrogen) atoms. The van der Waals surface area contributed by atoms with Gasteiger partial charge >= 0.3 is 11.9 Å². The van der Waals surface area contributed by atoms with Gasteiger partial charge in [-0.25, -0.2) is 0 Å². The molecule has 0 radical (unpaired) electrons. The standard InChI is InChI=1S/C49H90O5/c1-4-6-8-10-12-14-16-18-20-22-24-26-28-30-32-34-36-38-40-42-47(50)53-46-44-52-45(3)49(46)54-48(51)43-41-39-37-35-33-31-29-27-25-23-21-19-17-15-13-11-9-7-5-2/h44H,4-43H2,1-3H3. The lowest BCUT2D eigenvalue weighted by molar-refractivity contribution is -0.137. The summed E-state index contributed by atoms with van der Waals surface area (Å²) in [5.41, 5.74) is 0. The van der Waals surface area contributed by atoms with Gasteiger partial charge in [-0.1, -0.05) is 245 Å². The quantitative estimate of drug-likeness (QED) is 0.0491. The van der Waals surface area contributed by atoms with Crippen molar-refractivity contribution in [2.75, 3.05) is 0 Å². The van der Waals surface area contributed by atoms with E-state index >= 15 is 0 Å². The minimum absolute atomic E-state index is 0.219. The van der Waals surface area contributed by atoms with Crippen molar-refractivity contribution in [3.05, 3.63) is 12.0 Å². The van der Waals surface area contributed by atoms with E-state index in [2.05, 4.69) is 13.8 Å². The van der Waals surface area contributed by atoms with Crippen LogP contribution in [0.2, 0.25) is 0 Å². The molecule has 0 N–H and O–H groups in total. The summed E-state index contributed by atoms with van der Waals surface area (Å²) >= 11 is 0. The third kappa shape index (κ3) is 32.5. The average molecular weight is 759 g/mol. The second kappa shape index (κ2) is 39.5. The maximum atomic E-state index is 12.5.